The molecule has 0 bridgehead atoms. The molecule has 0 atom stereocenters. The first-order chi connectivity index (χ1) is 23.3. The summed E-state index contributed by atoms with van der Waals surface area (Å²) in [7, 11) is 0. The van der Waals surface area contributed by atoms with E-state index in [0.29, 0.717) is 0 Å². The number of furan rings is 1. The second-order valence-corrected chi connectivity index (χ2v) is 12.5. The van der Waals surface area contributed by atoms with Crippen molar-refractivity contribution in [3.8, 4) is 33.4 Å². The molecule has 0 amide bonds. The molecule has 10 aromatic rings. The Kier molecular flexibility index (Phi) is 5.64. The van der Waals surface area contributed by atoms with E-state index < -0.39 is 0 Å². The van der Waals surface area contributed by atoms with Crippen molar-refractivity contribution in [1.29, 1.82) is 0 Å². The van der Waals surface area contributed by atoms with Crippen molar-refractivity contribution < 1.29 is 4.42 Å². The van der Waals surface area contributed by atoms with E-state index in [1.54, 1.807) is 0 Å². The molecular formula is C46H28O. The molecule has 9 aromatic carbocycles. The molecule has 0 fully saturated rings. The largest absolute Gasteiger partial charge is 0.455 e. The van der Waals surface area contributed by atoms with E-state index in [-0.39, 0.29) is 0 Å². The molecule has 1 heterocycles. The third-order valence-corrected chi connectivity index (χ3v) is 9.84. The summed E-state index contributed by atoms with van der Waals surface area (Å²) in [5.41, 5.74) is 9.25. The number of fused-ring (bicyclic) bond motifs is 8. The lowest BCUT2D eigenvalue weighted by atomic mass is 9.85. The van der Waals surface area contributed by atoms with Gasteiger partial charge in [0.1, 0.15) is 11.2 Å². The Labute approximate surface area is 271 Å². The molecule has 10 rings (SSSR count). The van der Waals surface area contributed by atoms with Crippen LogP contribution < -0.4 is 0 Å². The zero-order valence-corrected chi connectivity index (χ0v) is 25.6. The normalized spacial score (nSPS) is 11.8. The maximum atomic E-state index is 6.47. The summed E-state index contributed by atoms with van der Waals surface area (Å²) >= 11 is 0. The fraction of sp³-hybridized carbons (Fsp3) is 0. The van der Waals surface area contributed by atoms with Crippen LogP contribution in [0.1, 0.15) is 0 Å². The van der Waals surface area contributed by atoms with E-state index in [1.807, 2.05) is 0 Å². The van der Waals surface area contributed by atoms with Crippen molar-refractivity contribution in [1.82, 2.24) is 0 Å². The molecule has 0 saturated heterocycles. The van der Waals surface area contributed by atoms with Gasteiger partial charge in [0, 0.05) is 16.2 Å². The molecule has 0 aliphatic carbocycles. The summed E-state index contributed by atoms with van der Waals surface area (Å²) in [4.78, 5) is 0. The van der Waals surface area contributed by atoms with Crippen LogP contribution in [0.15, 0.2) is 174 Å². The van der Waals surface area contributed by atoms with Crippen LogP contribution in [0.2, 0.25) is 0 Å². The SMILES string of the molecule is c1ccc2cc(-c3ccc(-c4c5ccccc5c(-c5ccc6oc7c8ccccc8ccc7c6c5)c5ccccc45)cc3)ccc2c1. The Morgan fingerprint density at radius 1 is 0.277 bits per heavy atom. The van der Waals surface area contributed by atoms with Crippen molar-refractivity contribution in [2.45, 2.75) is 0 Å². The van der Waals surface area contributed by atoms with Crippen molar-refractivity contribution in [2.75, 3.05) is 0 Å². The summed E-state index contributed by atoms with van der Waals surface area (Å²) in [5, 5.41) is 12.2. The van der Waals surface area contributed by atoms with Gasteiger partial charge in [0.05, 0.1) is 0 Å². The van der Waals surface area contributed by atoms with Crippen molar-refractivity contribution in [2.24, 2.45) is 0 Å². The summed E-state index contributed by atoms with van der Waals surface area (Å²) in [6.07, 6.45) is 0. The molecule has 218 valence electrons. The van der Waals surface area contributed by atoms with Gasteiger partial charge in [-0.2, -0.15) is 0 Å². The predicted molar refractivity (Wildman–Crippen MR) is 200 cm³/mol. The lowest BCUT2D eigenvalue weighted by Crippen LogP contribution is -1.91. The maximum absolute atomic E-state index is 6.47. The maximum Gasteiger partial charge on any atom is 0.143 e. The van der Waals surface area contributed by atoms with Crippen LogP contribution in [-0.4, -0.2) is 0 Å². The van der Waals surface area contributed by atoms with E-state index >= 15 is 0 Å². The first-order valence-electron chi connectivity index (χ1n) is 16.2. The van der Waals surface area contributed by atoms with Gasteiger partial charge in [0.25, 0.3) is 0 Å². The summed E-state index contributed by atoms with van der Waals surface area (Å²) in [6.45, 7) is 0. The van der Waals surface area contributed by atoms with Crippen LogP contribution in [-0.2, 0) is 0 Å². The van der Waals surface area contributed by atoms with Gasteiger partial charge >= 0.3 is 0 Å². The van der Waals surface area contributed by atoms with Crippen LogP contribution in [0.5, 0.6) is 0 Å². The second-order valence-electron chi connectivity index (χ2n) is 12.5. The molecule has 0 aliphatic rings. The summed E-state index contributed by atoms with van der Waals surface area (Å²) < 4.78 is 6.47. The fourth-order valence-corrected chi connectivity index (χ4v) is 7.61. The molecule has 47 heavy (non-hydrogen) atoms. The van der Waals surface area contributed by atoms with Gasteiger partial charge in [-0.25, -0.2) is 0 Å². The standard InChI is InChI=1S/C46H28O/c1-2-11-33-27-34(22-19-29(33)9-1)30-17-20-32(21-18-30)44-37-13-5-7-15-39(37)45(40-16-8-6-14-38(40)44)35-24-26-43-42(28-35)41-25-23-31-10-3-4-12-36(31)46(41)47-43/h1-28H. The van der Waals surface area contributed by atoms with E-state index in [9.17, 15) is 0 Å². The molecule has 0 unspecified atom stereocenters. The van der Waals surface area contributed by atoms with Crippen LogP contribution in [0.25, 0.3) is 98.4 Å². The van der Waals surface area contributed by atoms with Gasteiger partial charge in [-0.15, -0.1) is 0 Å². The summed E-state index contributed by atoms with van der Waals surface area (Å²) in [5.74, 6) is 0. The van der Waals surface area contributed by atoms with E-state index in [2.05, 4.69) is 170 Å². The zero-order valence-electron chi connectivity index (χ0n) is 25.6. The lowest BCUT2D eigenvalue weighted by molar-refractivity contribution is 0.672. The topological polar surface area (TPSA) is 13.1 Å². The monoisotopic (exact) mass is 596 g/mol. The Bertz CT molecular complexity index is 2780. The zero-order chi connectivity index (χ0) is 30.9. The highest BCUT2D eigenvalue weighted by molar-refractivity contribution is 6.22. The number of hydrogen-bond donors (Lipinski definition) is 0. The van der Waals surface area contributed by atoms with Gasteiger partial charge in [-0.1, -0.05) is 146 Å². The number of rotatable bonds is 3. The average molecular weight is 597 g/mol. The third kappa shape index (κ3) is 4.03. The highest BCUT2D eigenvalue weighted by atomic mass is 16.3. The lowest BCUT2D eigenvalue weighted by Gasteiger charge is -2.18. The minimum Gasteiger partial charge on any atom is -0.455 e. The molecule has 0 saturated carbocycles. The van der Waals surface area contributed by atoms with Crippen LogP contribution >= 0.6 is 0 Å². The van der Waals surface area contributed by atoms with E-state index in [1.165, 1.54) is 71.1 Å². The quantitative estimate of drug-likeness (QED) is 0.185. The van der Waals surface area contributed by atoms with E-state index in [4.69, 9.17) is 4.42 Å². The highest BCUT2D eigenvalue weighted by Gasteiger charge is 2.18. The second kappa shape index (κ2) is 10.2. The molecular weight excluding hydrogens is 569 g/mol. The Morgan fingerprint density at radius 2 is 0.787 bits per heavy atom. The molecule has 1 heteroatoms. The smallest absolute Gasteiger partial charge is 0.143 e. The highest BCUT2D eigenvalue weighted by Crippen LogP contribution is 2.45. The molecule has 0 N–H and O–H groups in total. The van der Waals surface area contributed by atoms with Gasteiger partial charge < -0.3 is 4.42 Å². The van der Waals surface area contributed by atoms with Crippen LogP contribution in [0.3, 0.4) is 0 Å². The Balaban J connectivity index is 1.17. The molecule has 0 aliphatic heterocycles. The molecule has 1 nitrogen and oxygen atoms in total. The van der Waals surface area contributed by atoms with Gasteiger partial charge in [0.2, 0.25) is 0 Å². The van der Waals surface area contributed by atoms with E-state index in [0.717, 1.165) is 27.3 Å². The molecule has 0 spiro atoms. The average Bonchev–Trinajstić information content (AvgIpc) is 3.52. The Hall–Kier alpha value is -6.18. The van der Waals surface area contributed by atoms with Crippen molar-refractivity contribution >= 4 is 65.0 Å². The molecule has 0 radical (unpaired) electrons. The summed E-state index contributed by atoms with van der Waals surface area (Å²) in [6, 6.07) is 61.6. The molecule has 1 aromatic heterocycles. The van der Waals surface area contributed by atoms with Gasteiger partial charge in [-0.3, -0.25) is 0 Å². The fourth-order valence-electron chi connectivity index (χ4n) is 7.61. The minimum atomic E-state index is 0.914. The van der Waals surface area contributed by atoms with Crippen LogP contribution in [0.4, 0.5) is 0 Å². The van der Waals surface area contributed by atoms with Crippen molar-refractivity contribution in [3.05, 3.63) is 170 Å². The third-order valence-electron chi connectivity index (χ3n) is 9.84. The van der Waals surface area contributed by atoms with Gasteiger partial charge in [0.15, 0.2) is 0 Å². The number of benzene rings is 9. The number of hydrogen-bond acceptors (Lipinski definition) is 1. The van der Waals surface area contributed by atoms with Crippen LogP contribution in [0, 0.1) is 0 Å². The Morgan fingerprint density at radius 3 is 1.49 bits per heavy atom. The predicted octanol–water partition coefficient (Wildman–Crippen LogP) is 13.2. The van der Waals surface area contributed by atoms with Crippen molar-refractivity contribution in [3.63, 3.8) is 0 Å². The minimum absolute atomic E-state index is 0.914. The van der Waals surface area contributed by atoms with Gasteiger partial charge in [-0.05, 0) is 95.3 Å². The first kappa shape index (κ1) is 26.1. The first-order valence-corrected chi connectivity index (χ1v) is 16.2.